The van der Waals surface area contributed by atoms with Crippen LogP contribution in [0.2, 0.25) is 0 Å². The highest BCUT2D eigenvalue weighted by atomic mass is 16.5. The number of phenolic OH excluding ortho intramolecular Hbond substituents is 1. The first-order valence-corrected chi connectivity index (χ1v) is 4.37. The van der Waals surface area contributed by atoms with Crippen LogP contribution in [0.15, 0.2) is 12.1 Å². The Labute approximate surface area is 81.5 Å². The first kappa shape index (κ1) is 8.85. The Hall–Kier alpha value is -1.73. The number of hydrogen-bond donors (Lipinski definition) is 2. The summed E-state index contributed by atoms with van der Waals surface area (Å²) in [7, 11) is 0. The number of phenols is 1. The summed E-state index contributed by atoms with van der Waals surface area (Å²) in [6.45, 7) is 0.508. The van der Waals surface area contributed by atoms with Gasteiger partial charge in [-0.3, -0.25) is 0 Å². The minimum absolute atomic E-state index is 0.00537. The highest BCUT2D eigenvalue weighted by molar-refractivity contribution is 5.53. The van der Waals surface area contributed by atoms with E-state index in [1.54, 1.807) is 6.07 Å². The minimum atomic E-state index is -0.155. The molecule has 3 N–H and O–H groups in total. The van der Waals surface area contributed by atoms with Gasteiger partial charge in [0.15, 0.2) is 11.5 Å². The maximum atomic E-state index is 9.55. The van der Waals surface area contributed by atoms with E-state index in [-0.39, 0.29) is 11.8 Å². The van der Waals surface area contributed by atoms with Crippen LogP contribution in [0.3, 0.4) is 0 Å². The summed E-state index contributed by atoms with van der Waals surface area (Å²) in [5.41, 5.74) is 6.96. The van der Waals surface area contributed by atoms with Gasteiger partial charge in [0.05, 0.1) is 18.2 Å². The molecular formula is C10H10N2O2. The molecule has 0 saturated carbocycles. The Balaban J connectivity index is 2.58. The molecule has 1 aliphatic rings. The molecule has 1 aliphatic heterocycles. The molecule has 0 bridgehead atoms. The lowest BCUT2D eigenvalue weighted by molar-refractivity contribution is 0.255. The van der Waals surface area contributed by atoms with E-state index in [4.69, 9.17) is 15.7 Å². The van der Waals surface area contributed by atoms with Gasteiger partial charge in [-0.2, -0.15) is 5.26 Å². The molecule has 1 unspecified atom stereocenters. The molecule has 0 aromatic heterocycles. The Morgan fingerprint density at radius 1 is 1.57 bits per heavy atom. The van der Waals surface area contributed by atoms with Crippen molar-refractivity contribution in [1.82, 2.24) is 0 Å². The highest BCUT2D eigenvalue weighted by Crippen LogP contribution is 2.38. The van der Waals surface area contributed by atoms with E-state index in [1.807, 2.05) is 6.07 Å². The lowest BCUT2D eigenvalue weighted by Crippen LogP contribution is -2.20. The zero-order valence-corrected chi connectivity index (χ0v) is 7.53. The molecule has 72 valence electrons. The van der Waals surface area contributed by atoms with Gasteiger partial charge in [-0.25, -0.2) is 0 Å². The summed E-state index contributed by atoms with van der Waals surface area (Å²) in [5, 5.41) is 18.3. The molecule has 4 heteroatoms. The molecule has 14 heavy (non-hydrogen) atoms. The summed E-state index contributed by atoms with van der Waals surface area (Å²) >= 11 is 0. The number of nitriles is 1. The van der Waals surface area contributed by atoms with Crippen LogP contribution in [0, 0.1) is 11.3 Å². The maximum absolute atomic E-state index is 9.55. The van der Waals surface area contributed by atoms with Gasteiger partial charge in [-0.15, -0.1) is 0 Å². The fraction of sp³-hybridized carbons (Fsp3) is 0.300. The van der Waals surface area contributed by atoms with Crippen LogP contribution in [0.25, 0.3) is 0 Å². The number of nitrogens with two attached hydrogens (primary N) is 1. The van der Waals surface area contributed by atoms with Crippen LogP contribution in [0.1, 0.15) is 23.6 Å². The van der Waals surface area contributed by atoms with E-state index in [2.05, 4.69) is 0 Å². The van der Waals surface area contributed by atoms with Gasteiger partial charge in [0.1, 0.15) is 0 Å². The van der Waals surface area contributed by atoms with Gasteiger partial charge in [0.2, 0.25) is 0 Å². The van der Waals surface area contributed by atoms with Crippen LogP contribution in [-0.2, 0) is 0 Å². The molecule has 1 aromatic rings. The lowest BCUT2D eigenvalue weighted by Gasteiger charge is -2.23. The number of nitrogens with zero attached hydrogens (tertiary/aromatic N) is 1. The van der Waals surface area contributed by atoms with E-state index < -0.39 is 0 Å². The summed E-state index contributed by atoms with van der Waals surface area (Å²) in [6.07, 6.45) is 0.710. The number of aromatic hydroxyl groups is 1. The van der Waals surface area contributed by atoms with Crippen molar-refractivity contribution in [1.29, 1.82) is 5.26 Å². The van der Waals surface area contributed by atoms with E-state index in [0.717, 1.165) is 0 Å². The molecular weight excluding hydrogens is 180 g/mol. The highest BCUT2D eigenvalue weighted by Gasteiger charge is 2.21. The molecule has 0 aliphatic carbocycles. The topological polar surface area (TPSA) is 79.3 Å². The number of benzene rings is 1. The van der Waals surface area contributed by atoms with Crippen molar-refractivity contribution in [3.63, 3.8) is 0 Å². The second-order valence-electron chi connectivity index (χ2n) is 3.27. The standard InChI is InChI=1S/C10H10N2O2/c11-5-6-3-7-8(12)1-2-14-10(7)9(13)4-6/h3-4,8,13H,1-2,12H2. The molecule has 0 saturated heterocycles. The third kappa shape index (κ3) is 1.28. The van der Waals surface area contributed by atoms with Gasteiger partial charge >= 0.3 is 0 Å². The fourth-order valence-electron chi connectivity index (χ4n) is 1.58. The summed E-state index contributed by atoms with van der Waals surface area (Å²) < 4.78 is 5.28. The van der Waals surface area contributed by atoms with E-state index in [9.17, 15) is 5.11 Å². The third-order valence-electron chi connectivity index (χ3n) is 2.30. The van der Waals surface area contributed by atoms with Crippen molar-refractivity contribution in [2.24, 2.45) is 5.73 Å². The van der Waals surface area contributed by atoms with Crippen molar-refractivity contribution >= 4 is 0 Å². The molecule has 1 atom stereocenters. The summed E-state index contributed by atoms with van der Waals surface area (Å²) in [6, 6.07) is 4.86. The van der Waals surface area contributed by atoms with Crippen LogP contribution in [0.4, 0.5) is 0 Å². The average Bonchev–Trinajstić information content (AvgIpc) is 2.19. The third-order valence-corrected chi connectivity index (χ3v) is 2.30. The Kier molecular flexibility index (Phi) is 2.02. The SMILES string of the molecule is N#Cc1cc(O)c2c(c1)C(N)CCO2. The van der Waals surface area contributed by atoms with Gasteiger partial charge in [-0.1, -0.05) is 0 Å². The quantitative estimate of drug-likeness (QED) is 0.640. The predicted octanol–water partition coefficient (Wildman–Crippen LogP) is 1.05. The number of rotatable bonds is 0. The zero-order valence-electron chi connectivity index (χ0n) is 7.53. The number of hydrogen-bond acceptors (Lipinski definition) is 4. The number of ether oxygens (including phenoxy) is 1. The van der Waals surface area contributed by atoms with E-state index in [0.29, 0.717) is 29.9 Å². The minimum Gasteiger partial charge on any atom is -0.504 e. The normalized spacial score (nSPS) is 19.3. The van der Waals surface area contributed by atoms with Crippen LogP contribution < -0.4 is 10.5 Å². The molecule has 2 rings (SSSR count). The second kappa shape index (κ2) is 3.20. The maximum Gasteiger partial charge on any atom is 0.165 e. The molecule has 4 nitrogen and oxygen atoms in total. The lowest BCUT2D eigenvalue weighted by atomic mass is 9.99. The fourth-order valence-corrected chi connectivity index (χ4v) is 1.58. The van der Waals surface area contributed by atoms with Crippen molar-refractivity contribution in [2.75, 3.05) is 6.61 Å². The van der Waals surface area contributed by atoms with Gasteiger partial charge < -0.3 is 15.6 Å². The molecule has 0 amide bonds. The van der Waals surface area contributed by atoms with Crippen LogP contribution in [-0.4, -0.2) is 11.7 Å². The van der Waals surface area contributed by atoms with E-state index >= 15 is 0 Å². The Morgan fingerprint density at radius 2 is 2.36 bits per heavy atom. The van der Waals surface area contributed by atoms with Crippen molar-refractivity contribution in [2.45, 2.75) is 12.5 Å². The molecule has 0 spiro atoms. The monoisotopic (exact) mass is 190 g/mol. The number of fused-ring (bicyclic) bond motifs is 1. The first-order chi connectivity index (χ1) is 6.72. The molecule has 1 heterocycles. The first-order valence-electron chi connectivity index (χ1n) is 4.37. The molecule has 0 radical (unpaired) electrons. The van der Waals surface area contributed by atoms with Gasteiger partial charge in [0.25, 0.3) is 0 Å². The van der Waals surface area contributed by atoms with Crippen LogP contribution >= 0.6 is 0 Å². The predicted molar refractivity (Wildman–Crippen MR) is 49.9 cm³/mol. The van der Waals surface area contributed by atoms with Crippen molar-refractivity contribution < 1.29 is 9.84 Å². The van der Waals surface area contributed by atoms with Crippen LogP contribution in [0.5, 0.6) is 11.5 Å². The van der Waals surface area contributed by atoms with Crippen molar-refractivity contribution in [3.8, 4) is 17.6 Å². The largest absolute Gasteiger partial charge is 0.504 e. The molecule has 0 fully saturated rings. The smallest absolute Gasteiger partial charge is 0.165 e. The second-order valence-corrected chi connectivity index (χ2v) is 3.27. The van der Waals surface area contributed by atoms with E-state index in [1.165, 1.54) is 6.07 Å². The summed E-state index contributed by atoms with van der Waals surface area (Å²) in [4.78, 5) is 0. The summed E-state index contributed by atoms with van der Waals surface area (Å²) in [5.74, 6) is 0.414. The Morgan fingerprint density at radius 3 is 3.07 bits per heavy atom. The van der Waals surface area contributed by atoms with Gasteiger partial charge in [0, 0.05) is 24.1 Å². The zero-order chi connectivity index (χ0) is 10.1. The van der Waals surface area contributed by atoms with Crippen molar-refractivity contribution in [3.05, 3.63) is 23.3 Å². The molecule has 1 aromatic carbocycles. The Bertz CT molecular complexity index is 409. The van der Waals surface area contributed by atoms with Gasteiger partial charge in [-0.05, 0) is 6.07 Å². The average molecular weight is 190 g/mol.